The summed E-state index contributed by atoms with van der Waals surface area (Å²) in [6.07, 6.45) is 1.26. The topological polar surface area (TPSA) is 60.5 Å². The number of ether oxygens (including phenoxy) is 2. The van der Waals surface area contributed by atoms with E-state index in [0.29, 0.717) is 17.2 Å². The maximum absolute atomic E-state index is 12.3. The number of anilines is 1. The number of pyridine rings is 1. The van der Waals surface area contributed by atoms with Crippen LogP contribution in [0.15, 0.2) is 24.4 Å². The number of hydrogen-bond acceptors (Lipinski definition) is 4. The van der Waals surface area contributed by atoms with Crippen molar-refractivity contribution in [2.24, 2.45) is 0 Å². The molecule has 0 aliphatic rings. The van der Waals surface area contributed by atoms with Gasteiger partial charge in [-0.05, 0) is 0 Å². The van der Waals surface area contributed by atoms with Gasteiger partial charge in [-0.25, -0.2) is 4.98 Å². The summed E-state index contributed by atoms with van der Waals surface area (Å²) >= 11 is 17.7. The van der Waals surface area contributed by atoms with E-state index in [-0.39, 0.29) is 20.8 Å². The Hall–Kier alpha value is -1.69. The fraction of sp³-hybridized carbons (Fsp3) is 0.143. The molecule has 1 amide bonds. The minimum Gasteiger partial charge on any atom is -0.497 e. The first kappa shape index (κ1) is 16.7. The molecule has 5 nitrogen and oxygen atoms in total. The molecule has 2 aromatic rings. The maximum atomic E-state index is 12.3. The Morgan fingerprint density at radius 1 is 1.05 bits per heavy atom. The smallest absolute Gasteiger partial charge is 0.275 e. The third kappa shape index (κ3) is 3.55. The monoisotopic (exact) mass is 360 g/mol. The van der Waals surface area contributed by atoms with Gasteiger partial charge in [-0.15, -0.1) is 0 Å². The number of aromatic nitrogens is 1. The molecule has 1 aromatic carbocycles. The average molecular weight is 362 g/mol. The predicted molar refractivity (Wildman–Crippen MR) is 86.8 cm³/mol. The molecule has 8 heteroatoms. The number of nitrogens with one attached hydrogen (secondary N) is 1. The SMILES string of the molecule is COc1cc(NC(=O)c2ncc(Cl)c(Cl)c2Cl)cc(OC)c1. The fourth-order valence-electron chi connectivity index (χ4n) is 1.67. The summed E-state index contributed by atoms with van der Waals surface area (Å²) < 4.78 is 10.3. The molecule has 0 atom stereocenters. The lowest BCUT2D eigenvalue weighted by atomic mass is 10.2. The highest BCUT2D eigenvalue weighted by Crippen LogP contribution is 2.32. The zero-order valence-electron chi connectivity index (χ0n) is 11.6. The molecule has 116 valence electrons. The van der Waals surface area contributed by atoms with Crippen molar-refractivity contribution < 1.29 is 14.3 Å². The van der Waals surface area contributed by atoms with E-state index in [2.05, 4.69) is 10.3 Å². The average Bonchev–Trinajstić information content (AvgIpc) is 2.52. The molecule has 0 unspecified atom stereocenters. The van der Waals surface area contributed by atoms with Crippen molar-refractivity contribution in [3.05, 3.63) is 45.2 Å². The summed E-state index contributed by atoms with van der Waals surface area (Å²) in [6, 6.07) is 4.94. The van der Waals surface area contributed by atoms with Crippen LogP contribution < -0.4 is 14.8 Å². The van der Waals surface area contributed by atoms with Crippen LogP contribution >= 0.6 is 34.8 Å². The molecule has 1 aromatic heterocycles. The van der Waals surface area contributed by atoms with Gasteiger partial charge in [0.2, 0.25) is 0 Å². The van der Waals surface area contributed by atoms with Gasteiger partial charge in [0.25, 0.3) is 5.91 Å². The Morgan fingerprint density at radius 2 is 1.64 bits per heavy atom. The second-order valence-corrected chi connectivity index (χ2v) is 5.30. The number of carbonyl (C=O) groups excluding carboxylic acids is 1. The highest BCUT2D eigenvalue weighted by Gasteiger charge is 2.17. The van der Waals surface area contributed by atoms with Gasteiger partial charge in [-0.3, -0.25) is 4.79 Å². The zero-order chi connectivity index (χ0) is 16.3. The fourth-order valence-corrected chi connectivity index (χ4v) is 2.24. The molecule has 0 saturated carbocycles. The number of halogens is 3. The largest absolute Gasteiger partial charge is 0.497 e. The second-order valence-electron chi connectivity index (χ2n) is 4.14. The van der Waals surface area contributed by atoms with E-state index in [4.69, 9.17) is 44.3 Å². The van der Waals surface area contributed by atoms with E-state index in [1.54, 1.807) is 18.2 Å². The Kier molecular flexibility index (Phi) is 5.34. The van der Waals surface area contributed by atoms with Crippen molar-refractivity contribution in [2.75, 3.05) is 19.5 Å². The molecule has 2 rings (SSSR count). The van der Waals surface area contributed by atoms with Gasteiger partial charge in [0, 0.05) is 30.1 Å². The van der Waals surface area contributed by atoms with E-state index in [0.717, 1.165) is 0 Å². The Bertz CT molecular complexity index is 700. The number of benzene rings is 1. The second kappa shape index (κ2) is 7.05. The van der Waals surface area contributed by atoms with Gasteiger partial charge in [-0.1, -0.05) is 34.8 Å². The van der Waals surface area contributed by atoms with Crippen LogP contribution in [0.25, 0.3) is 0 Å². The number of nitrogens with zero attached hydrogens (tertiary/aromatic N) is 1. The number of carbonyl (C=O) groups is 1. The van der Waals surface area contributed by atoms with Crippen LogP contribution in [0.5, 0.6) is 11.5 Å². The predicted octanol–water partition coefficient (Wildman–Crippen LogP) is 4.31. The minimum absolute atomic E-state index is 0.0125. The van der Waals surface area contributed by atoms with Gasteiger partial charge in [0.1, 0.15) is 17.2 Å². The van der Waals surface area contributed by atoms with E-state index in [1.165, 1.54) is 20.4 Å². The maximum Gasteiger partial charge on any atom is 0.275 e. The van der Waals surface area contributed by atoms with Crippen molar-refractivity contribution in [3.63, 3.8) is 0 Å². The molecule has 22 heavy (non-hydrogen) atoms. The third-order valence-corrected chi connectivity index (χ3v) is 3.98. The first-order valence-electron chi connectivity index (χ1n) is 6.00. The summed E-state index contributed by atoms with van der Waals surface area (Å²) in [5.74, 6) is 0.532. The molecule has 0 aliphatic heterocycles. The molecule has 0 aliphatic carbocycles. The zero-order valence-corrected chi connectivity index (χ0v) is 13.9. The van der Waals surface area contributed by atoms with Gasteiger partial charge in [0.05, 0.1) is 29.3 Å². The van der Waals surface area contributed by atoms with Crippen LogP contribution in [0.4, 0.5) is 5.69 Å². The van der Waals surface area contributed by atoms with E-state index in [1.807, 2.05) is 0 Å². The Balaban J connectivity index is 2.31. The summed E-state index contributed by atoms with van der Waals surface area (Å²) in [4.78, 5) is 16.2. The lowest BCUT2D eigenvalue weighted by Gasteiger charge is -2.10. The number of hydrogen-bond donors (Lipinski definition) is 1. The van der Waals surface area contributed by atoms with E-state index < -0.39 is 5.91 Å². The lowest BCUT2D eigenvalue weighted by Crippen LogP contribution is -2.14. The van der Waals surface area contributed by atoms with Crippen molar-refractivity contribution in [2.45, 2.75) is 0 Å². The normalized spacial score (nSPS) is 10.2. The molecule has 0 radical (unpaired) electrons. The number of methoxy groups -OCH3 is 2. The molecule has 0 bridgehead atoms. The first-order valence-corrected chi connectivity index (χ1v) is 7.13. The third-order valence-electron chi connectivity index (χ3n) is 2.74. The van der Waals surface area contributed by atoms with Crippen LogP contribution in [0, 0.1) is 0 Å². The van der Waals surface area contributed by atoms with Crippen LogP contribution in [0.2, 0.25) is 15.1 Å². The van der Waals surface area contributed by atoms with E-state index >= 15 is 0 Å². The molecule has 0 spiro atoms. The highest BCUT2D eigenvalue weighted by molar-refractivity contribution is 6.49. The van der Waals surface area contributed by atoms with Crippen molar-refractivity contribution >= 4 is 46.4 Å². The minimum atomic E-state index is -0.529. The van der Waals surface area contributed by atoms with Crippen LogP contribution in [-0.2, 0) is 0 Å². The van der Waals surface area contributed by atoms with Gasteiger partial charge in [-0.2, -0.15) is 0 Å². The van der Waals surface area contributed by atoms with Gasteiger partial charge < -0.3 is 14.8 Å². The summed E-state index contributed by atoms with van der Waals surface area (Å²) in [5.41, 5.74) is 0.433. The van der Waals surface area contributed by atoms with Crippen LogP contribution in [-0.4, -0.2) is 25.1 Å². The molecule has 0 fully saturated rings. The van der Waals surface area contributed by atoms with Gasteiger partial charge in [0.15, 0.2) is 0 Å². The van der Waals surface area contributed by atoms with E-state index in [9.17, 15) is 4.79 Å². The Morgan fingerprint density at radius 3 is 2.18 bits per heavy atom. The van der Waals surface area contributed by atoms with Crippen LogP contribution in [0.3, 0.4) is 0 Å². The molecule has 1 N–H and O–H groups in total. The van der Waals surface area contributed by atoms with Crippen LogP contribution in [0.1, 0.15) is 10.5 Å². The highest BCUT2D eigenvalue weighted by atomic mass is 35.5. The lowest BCUT2D eigenvalue weighted by molar-refractivity contribution is 0.102. The summed E-state index contributed by atoms with van der Waals surface area (Å²) in [7, 11) is 3.02. The molecular weight excluding hydrogens is 351 g/mol. The summed E-state index contributed by atoms with van der Waals surface area (Å²) in [5, 5.41) is 2.88. The first-order chi connectivity index (χ1) is 10.5. The molecule has 0 saturated heterocycles. The molecular formula is C14H11Cl3N2O3. The standard InChI is InChI=1S/C14H11Cl3N2O3/c1-21-8-3-7(4-9(5-8)22-2)19-14(20)13-12(17)11(16)10(15)6-18-13/h3-6H,1-2H3,(H,19,20). The van der Waals surface area contributed by atoms with Crippen molar-refractivity contribution in [1.82, 2.24) is 4.98 Å². The quantitative estimate of drug-likeness (QED) is 0.881. The number of rotatable bonds is 4. The van der Waals surface area contributed by atoms with Crippen molar-refractivity contribution in [3.8, 4) is 11.5 Å². The number of amides is 1. The van der Waals surface area contributed by atoms with Gasteiger partial charge >= 0.3 is 0 Å². The molecule has 1 heterocycles. The summed E-state index contributed by atoms with van der Waals surface area (Å²) in [6.45, 7) is 0. The Labute approximate surface area is 142 Å². The van der Waals surface area contributed by atoms with Crippen molar-refractivity contribution in [1.29, 1.82) is 0 Å².